The van der Waals surface area contributed by atoms with Crippen molar-refractivity contribution in [2.45, 2.75) is 70.7 Å². The molecule has 1 saturated heterocycles. The first-order valence-corrected chi connectivity index (χ1v) is 8.78. The number of carboxylic acids is 1. The summed E-state index contributed by atoms with van der Waals surface area (Å²) in [5, 5.41) is 9.40. The molecule has 20 heavy (non-hydrogen) atoms. The Labute approximate surface area is 126 Å². The van der Waals surface area contributed by atoms with Crippen molar-refractivity contribution < 1.29 is 14.7 Å². The van der Waals surface area contributed by atoms with Gasteiger partial charge in [0, 0.05) is 11.7 Å². The first kappa shape index (κ1) is 17.3. The predicted molar refractivity (Wildman–Crippen MR) is 82.7 cm³/mol. The van der Waals surface area contributed by atoms with Crippen LogP contribution in [0.1, 0.15) is 59.3 Å². The van der Waals surface area contributed by atoms with E-state index in [9.17, 15) is 14.7 Å². The number of thioether (sulfide) groups is 1. The zero-order valence-corrected chi connectivity index (χ0v) is 13.6. The minimum atomic E-state index is -0.865. The number of nitrogens with zero attached hydrogens (tertiary/aromatic N) is 1. The number of hydrogen-bond donors (Lipinski definition) is 1. The van der Waals surface area contributed by atoms with Gasteiger partial charge in [0.15, 0.2) is 0 Å². The topological polar surface area (TPSA) is 57.6 Å². The smallest absolute Gasteiger partial charge is 0.327 e. The van der Waals surface area contributed by atoms with Crippen LogP contribution in [0.15, 0.2) is 0 Å². The van der Waals surface area contributed by atoms with Crippen LogP contribution in [-0.4, -0.2) is 39.1 Å². The average molecular weight is 301 g/mol. The average Bonchev–Trinajstić information content (AvgIpc) is 2.82. The fraction of sp³-hybridized carbons (Fsp3) is 0.867. The first-order valence-electron chi connectivity index (χ1n) is 7.73. The summed E-state index contributed by atoms with van der Waals surface area (Å²) in [7, 11) is 0. The molecule has 4 nitrogen and oxygen atoms in total. The van der Waals surface area contributed by atoms with Crippen molar-refractivity contribution in [3.8, 4) is 0 Å². The van der Waals surface area contributed by atoms with E-state index >= 15 is 0 Å². The van der Waals surface area contributed by atoms with Crippen LogP contribution in [0, 0.1) is 5.92 Å². The summed E-state index contributed by atoms with van der Waals surface area (Å²) in [6.45, 7) is 6.23. The maximum Gasteiger partial charge on any atom is 0.327 e. The Morgan fingerprint density at radius 3 is 2.25 bits per heavy atom. The maximum atomic E-state index is 12.8. The minimum Gasteiger partial charge on any atom is -0.480 e. The molecule has 0 aromatic heterocycles. The van der Waals surface area contributed by atoms with Crippen LogP contribution in [0.5, 0.6) is 0 Å². The highest BCUT2D eigenvalue weighted by atomic mass is 32.2. The van der Waals surface area contributed by atoms with E-state index in [1.165, 1.54) is 0 Å². The SMILES string of the molecule is CCCC(CCC)C(=O)N1C(CCC)SCC1C(=O)O. The molecule has 0 aromatic rings. The molecule has 5 heteroatoms. The van der Waals surface area contributed by atoms with Crippen molar-refractivity contribution in [3.05, 3.63) is 0 Å². The number of hydrogen-bond acceptors (Lipinski definition) is 3. The number of carboxylic acid groups (broad SMARTS) is 1. The minimum absolute atomic E-state index is 0.00935. The van der Waals surface area contributed by atoms with E-state index < -0.39 is 12.0 Å². The highest BCUT2D eigenvalue weighted by molar-refractivity contribution is 8.00. The van der Waals surface area contributed by atoms with Gasteiger partial charge in [0.05, 0.1) is 5.37 Å². The summed E-state index contributed by atoms with van der Waals surface area (Å²) in [5.74, 6) is -0.290. The van der Waals surface area contributed by atoms with Gasteiger partial charge in [-0.3, -0.25) is 4.79 Å². The molecule has 2 atom stereocenters. The summed E-state index contributed by atoms with van der Waals surface area (Å²) in [4.78, 5) is 25.8. The van der Waals surface area contributed by atoms with Gasteiger partial charge in [-0.1, -0.05) is 40.0 Å². The van der Waals surface area contributed by atoms with Gasteiger partial charge < -0.3 is 10.0 Å². The van der Waals surface area contributed by atoms with Crippen molar-refractivity contribution in [1.82, 2.24) is 4.90 Å². The van der Waals surface area contributed by atoms with Gasteiger partial charge >= 0.3 is 5.97 Å². The lowest BCUT2D eigenvalue weighted by atomic mass is 9.96. The third-order valence-corrected chi connectivity index (χ3v) is 5.15. The fourth-order valence-electron chi connectivity index (χ4n) is 2.82. The molecule has 1 aliphatic heterocycles. The van der Waals surface area contributed by atoms with E-state index in [1.807, 2.05) is 0 Å². The van der Waals surface area contributed by atoms with Crippen LogP contribution in [0.4, 0.5) is 0 Å². The predicted octanol–water partition coefficient (Wildman–Crippen LogP) is 3.36. The van der Waals surface area contributed by atoms with Gasteiger partial charge in [0.25, 0.3) is 0 Å². The van der Waals surface area contributed by atoms with Crippen molar-refractivity contribution in [3.63, 3.8) is 0 Å². The van der Waals surface area contributed by atoms with Crippen LogP contribution in [0.2, 0.25) is 0 Å². The number of rotatable bonds is 8. The number of carbonyl (C=O) groups excluding carboxylic acids is 1. The molecular formula is C15H27NO3S. The summed E-state index contributed by atoms with van der Waals surface area (Å²) in [6, 6.07) is -0.639. The van der Waals surface area contributed by atoms with Crippen LogP contribution in [0.3, 0.4) is 0 Å². The van der Waals surface area contributed by atoms with Crippen LogP contribution >= 0.6 is 11.8 Å². The lowest BCUT2D eigenvalue weighted by Crippen LogP contribution is -2.48. The molecule has 2 unspecified atom stereocenters. The molecule has 0 spiro atoms. The summed E-state index contributed by atoms with van der Waals surface area (Å²) >= 11 is 1.62. The largest absolute Gasteiger partial charge is 0.480 e. The highest BCUT2D eigenvalue weighted by Crippen LogP contribution is 2.34. The molecule has 0 bridgehead atoms. The molecule has 0 radical (unpaired) electrons. The van der Waals surface area contributed by atoms with E-state index in [2.05, 4.69) is 20.8 Å². The fourth-order valence-corrected chi connectivity index (χ4v) is 4.34. The number of carbonyl (C=O) groups is 2. The van der Waals surface area contributed by atoms with Gasteiger partial charge in [-0.25, -0.2) is 4.79 Å². The highest BCUT2D eigenvalue weighted by Gasteiger charge is 2.42. The van der Waals surface area contributed by atoms with Crippen molar-refractivity contribution >= 4 is 23.6 Å². The summed E-state index contributed by atoms with van der Waals surface area (Å²) < 4.78 is 0. The van der Waals surface area contributed by atoms with Gasteiger partial charge in [0.2, 0.25) is 5.91 Å². The van der Waals surface area contributed by atoms with E-state index in [4.69, 9.17) is 0 Å². The Morgan fingerprint density at radius 1 is 1.20 bits per heavy atom. The Bertz CT molecular complexity index is 329. The molecule has 1 rings (SSSR count). The van der Waals surface area contributed by atoms with Gasteiger partial charge in [0.1, 0.15) is 6.04 Å². The van der Waals surface area contributed by atoms with Crippen molar-refractivity contribution in [2.75, 3.05) is 5.75 Å². The van der Waals surface area contributed by atoms with E-state index in [0.717, 1.165) is 38.5 Å². The van der Waals surface area contributed by atoms with Crippen molar-refractivity contribution in [2.24, 2.45) is 5.92 Å². The molecule has 0 saturated carbocycles. The van der Waals surface area contributed by atoms with E-state index in [-0.39, 0.29) is 17.2 Å². The summed E-state index contributed by atoms with van der Waals surface area (Å²) in [5.41, 5.74) is 0. The van der Waals surface area contributed by atoms with Crippen LogP contribution in [-0.2, 0) is 9.59 Å². The molecule has 1 aliphatic rings. The van der Waals surface area contributed by atoms with Crippen LogP contribution < -0.4 is 0 Å². The zero-order chi connectivity index (χ0) is 15.1. The third-order valence-electron chi connectivity index (χ3n) is 3.79. The zero-order valence-electron chi connectivity index (χ0n) is 12.8. The third kappa shape index (κ3) is 4.14. The molecule has 0 aliphatic carbocycles. The Balaban J connectivity index is 2.88. The van der Waals surface area contributed by atoms with E-state index in [1.54, 1.807) is 16.7 Å². The normalized spacial score (nSPS) is 22.5. The number of amides is 1. The molecule has 1 amide bonds. The molecule has 0 aromatic carbocycles. The molecule has 1 heterocycles. The molecular weight excluding hydrogens is 274 g/mol. The quantitative estimate of drug-likeness (QED) is 0.747. The molecule has 116 valence electrons. The van der Waals surface area contributed by atoms with Crippen molar-refractivity contribution in [1.29, 1.82) is 0 Å². The second kappa shape index (κ2) is 8.55. The Morgan fingerprint density at radius 2 is 1.80 bits per heavy atom. The van der Waals surface area contributed by atoms with E-state index in [0.29, 0.717) is 5.75 Å². The molecule has 1 fully saturated rings. The maximum absolute atomic E-state index is 12.8. The Hall–Kier alpha value is -0.710. The lowest BCUT2D eigenvalue weighted by molar-refractivity contribution is -0.151. The monoisotopic (exact) mass is 301 g/mol. The number of aliphatic carboxylic acids is 1. The Kier molecular flexibility index (Phi) is 7.41. The van der Waals surface area contributed by atoms with Gasteiger partial charge in [-0.15, -0.1) is 11.8 Å². The lowest BCUT2D eigenvalue weighted by Gasteiger charge is -2.31. The second-order valence-electron chi connectivity index (χ2n) is 5.45. The standard InChI is InChI=1S/C15H27NO3S/c1-4-7-11(8-5-2)14(17)16-12(15(18)19)10-20-13(16)9-6-3/h11-13H,4-10H2,1-3H3,(H,18,19). The van der Waals surface area contributed by atoms with Crippen LogP contribution in [0.25, 0.3) is 0 Å². The first-order chi connectivity index (χ1) is 9.56. The van der Waals surface area contributed by atoms with Gasteiger partial charge in [-0.05, 0) is 19.3 Å². The van der Waals surface area contributed by atoms with Gasteiger partial charge in [-0.2, -0.15) is 0 Å². The second-order valence-corrected chi connectivity index (χ2v) is 6.66. The molecule has 1 N–H and O–H groups in total. The summed E-state index contributed by atoms with van der Waals surface area (Å²) in [6.07, 6.45) is 5.50.